The van der Waals surface area contributed by atoms with Crippen LogP contribution in [0.5, 0.6) is 0 Å². The lowest BCUT2D eigenvalue weighted by Crippen LogP contribution is -2.40. The van der Waals surface area contributed by atoms with E-state index in [9.17, 15) is 4.79 Å². The maximum absolute atomic E-state index is 12.0. The number of hydrogen-bond donors (Lipinski definition) is 2. The summed E-state index contributed by atoms with van der Waals surface area (Å²) in [4.78, 5) is 14.3. The molecule has 22 heavy (non-hydrogen) atoms. The molecule has 0 aliphatic carbocycles. The van der Waals surface area contributed by atoms with Crippen molar-refractivity contribution in [2.75, 3.05) is 51.3 Å². The Kier molecular flexibility index (Phi) is 6.83. The van der Waals surface area contributed by atoms with Crippen LogP contribution in [0.1, 0.15) is 17.5 Å². The molecule has 0 atom stereocenters. The highest BCUT2D eigenvalue weighted by Crippen LogP contribution is 2.17. The number of hydrogen-bond acceptors (Lipinski definition) is 4. The topological polar surface area (TPSA) is 53.6 Å². The second-order valence-electron chi connectivity index (χ2n) is 5.75. The number of amides is 1. The lowest BCUT2D eigenvalue weighted by atomic mass is 10.1. The van der Waals surface area contributed by atoms with Crippen molar-refractivity contribution in [3.8, 4) is 0 Å². The molecule has 5 heteroatoms. The van der Waals surface area contributed by atoms with Crippen LogP contribution in [0.4, 0.5) is 5.69 Å². The highest BCUT2D eigenvalue weighted by atomic mass is 16.5. The molecule has 1 aliphatic rings. The van der Waals surface area contributed by atoms with Crippen LogP contribution in [0.3, 0.4) is 0 Å². The molecule has 5 nitrogen and oxygen atoms in total. The van der Waals surface area contributed by atoms with E-state index in [0.29, 0.717) is 13.0 Å². The van der Waals surface area contributed by atoms with Crippen LogP contribution in [0.15, 0.2) is 18.2 Å². The Morgan fingerprint density at radius 1 is 1.23 bits per heavy atom. The average Bonchev–Trinajstić information content (AvgIpc) is 2.52. The third-order valence-electron chi connectivity index (χ3n) is 4.12. The van der Waals surface area contributed by atoms with Crippen LogP contribution in [0.25, 0.3) is 0 Å². The van der Waals surface area contributed by atoms with Gasteiger partial charge < -0.3 is 15.4 Å². The van der Waals surface area contributed by atoms with Crippen LogP contribution in [0.2, 0.25) is 0 Å². The van der Waals surface area contributed by atoms with E-state index in [1.165, 1.54) is 5.56 Å². The summed E-state index contributed by atoms with van der Waals surface area (Å²) in [6.07, 6.45) is 0.497. The van der Waals surface area contributed by atoms with E-state index < -0.39 is 0 Å². The van der Waals surface area contributed by atoms with Gasteiger partial charge in [-0.1, -0.05) is 12.1 Å². The summed E-state index contributed by atoms with van der Waals surface area (Å²) in [5.74, 6) is 0.0626. The van der Waals surface area contributed by atoms with Crippen molar-refractivity contribution >= 4 is 11.6 Å². The molecular formula is C17H27N3O2. The third-order valence-corrected chi connectivity index (χ3v) is 4.12. The normalized spacial score (nSPS) is 15.7. The van der Waals surface area contributed by atoms with E-state index >= 15 is 0 Å². The molecule has 1 fully saturated rings. The number of aryl methyl sites for hydroxylation is 1. The molecule has 0 spiro atoms. The summed E-state index contributed by atoms with van der Waals surface area (Å²) in [6, 6.07) is 5.97. The van der Waals surface area contributed by atoms with Gasteiger partial charge in [0.25, 0.3) is 0 Å². The van der Waals surface area contributed by atoms with E-state index in [-0.39, 0.29) is 5.91 Å². The standard InChI is InChI=1S/C17H27N3O2/c1-14-4-3-5-16(15(14)2)19-17(21)6-7-18-8-9-20-10-12-22-13-11-20/h3-5,18H,6-13H2,1-2H3,(H,19,21). The van der Waals surface area contributed by atoms with Gasteiger partial charge in [0, 0.05) is 44.8 Å². The zero-order valence-electron chi connectivity index (χ0n) is 13.7. The van der Waals surface area contributed by atoms with E-state index in [1.54, 1.807) is 0 Å². The number of anilines is 1. The smallest absolute Gasteiger partial charge is 0.225 e. The van der Waals surface area contributed by atoms with Crippen molar-refractivity contribution in [2.24, 2.45) is 0 Å². The number of morpholine rings is 1. The molecule has 0 bridgehead atoms. The highest BCUT2D eigenvalue weighted by molar-refractivity contribution is 5.91. The molecule has 1 saturated heterocycles. The first-order valence-electron chi connectivity index (χ1n) is 8.03. The Labute approximate surface area is 133 Å². The molecule has 1 aromatic carbocycles. The molecule has 0 aromatic heterocycles. The lowest BCUT2D eigenvalue weighted by Gasteiger charge is -2.26. The van der Waals surface area contributed by atoms with Gasteiger partial charge in [0.2, 0.25) is 5.91 Å². The van der Waals surface area contributed by atoms with Gasteiger partial charge in [0.15, 0.2) is 0 Å². The van der Waals surface area contributed by atoms with Crippen molar-refractivity contribution < 1.29 is 9.53 Å². The Morgan fingerprint density at radius 3 is 2.77 bits per heavy atom. The van der Waals surface area contributed by atoms with E-state index in [2.05, 4.69) is 28.5 Å². The van der Waals surface area contributed by atoms with Gasteiger partial charge in [0.05, 0.1) is 13.2 Å². The van der Waals surface area contributed by atoms with Gasteiger partial charge in [-0.2, -0.15) is 0 Å². The van der Waals surface area contributed by atoms with Gasteiger partial charge in [-0.25, -0.2) is 0 Å². The highest BCUT2D eigenvalue weighted by Gasteiger charge is 2.09. The zero-order valence-corrected chi connectivity index (χ0v) is 13.7. The summed E-state index contributed by atoms with van der Waals surface area (Å²) < 4.78 is 5.32. The largest absolute Gasteiger partial charge is 0.379 e. The molecule has 122 valence electrons. The second-order valence-corrected chi connectivity index (χ2v) is 5.75. The number of nitrogens with one attached hydrogen (secondary N) is 2. The summed E-state index contributed by atoms with van der Waals surface area (Å²) in [6.45, 7) is 10.4. The van der Waals surface area contributed by atoms with Crippen LogP contribution in [0, 0.1) is 13.8 Å². The van der Waals surface area contributed by atoms with Crippen LogP contribution in [-0.4, -0.2) is 56.7 Å². The van der Waals surface area contributed by atoms with Gasteiger partial charge in [-0.3, -0.25) is 9.69 Å². The third kappa shape index (κ3) is 5.40. The van der Waals surface area contributed by atoms with Gasteiger partial charge >= 0.3 is 0 Å². The van der Waals surface area contributed by atoms with Gasteiger partial charge in [0.1, 0.15) is 0 Å². The molecule has 1 heterocycles. The van der Waals surface area contributed by atoms with Gasteiger partial charge in [-0.15, -0.1) is 0 Å². The zero-order chi connectivity index (χ0) is 15.8. The van der Waals surface area contributed by atoms with Crippen LogP contribution < -0.4 is 10.6 Å². The van der Waals surface area contributed by atoms with Crippen molar-refractivity contribution in [3.05, 3.63) is 29.3 Å². The number of carbonyl (C=O) groups is 1. The van der Waals surface area contributed by atoms with Crippen molar-refractivity contribution in [1.29, 1.82) is 0 Å². The Hall–Kier alpha value is -1.43. The number of ether oxygens (including phenoxy) is 1. The van der Waals surface area contributed by atoms with Crippen LogP contribution >= 0.6 is 0 Å². The maximum atomic E-state index is 12.0. The molecule has 2 N–H and O–H groups in total. The molecule has 0 saturated carbocycles. The Morgan fingerprint density at radius 2 is 2.00 bits per heavy atom. The maximum Gasteiger partial charge on any atom is 0.225 e. The molecule has 1 amide bonds. The Bertz CT molecular complexity index is 485. The van der Waals surface area contributed by atoms with Crippen molar-refractivity contribution in [2.45, 2.75) is 20.3 Å². The van der Waals surface area contributed by atoms with Crippen LogP contribution in [-0.2, 0) is 9.53 Å². The summed E-state index contributed by atoms with van der Waals surface area (Å²) in [5.41, 5.74) is 3.25. The first-order chi connectivity index (χ1) is 10.7. The van der Waals surface area contributed by atoms with E-state index in [1.807, 2.05) is 19.1 Å². The SMILES string of the molecule is Cc1cccc(NC(=O)CCNCCN2CCOCC2)c1C. The number of rotatable bonds is 7. The molecule has 0 unspecified atom stereocenters. The molecule has 2 rings (SSSR count). The number of benzene rings is 1. The predicted octanol–water partition coefficient (Wildman–Crippen LogP) is 1.55. The molecule has 0 radical (unpaired) electrons. The quantitative estimate of drug-likeness (QED) is 0.751. The van der Waals surface area contributed by atoms with Crippen molar-refractivity contribution in [3.63, 3.8) is 0 Å². The first-order valence-corrected chi connectivity index (χ1v) is 8.03. The molecule has 1 aliphatic heterocycles. The minimum atomic E-state index is 0.0626. The summed E-state index contributed by atoms with van der Waals surface area (Å²) in [7, 11) is 0. The summed E-state index contributed by atoms with van der Waals surface area (Å²) in [5, 5.41) is 6.32. The lowest BCUT2D eigenvalue weighted by molar-refractivity contribution is -0.116. The van der Waals surface area contributed by atoms with Gasteiger partial charge in [-0.05, 0) is 31.0 Å². The van der Waals surface area contributed by atoms with E-state index in [0.717, 1.165) is 50.6 Å². The fourth-order valence-corrected chi connectivity index (χ4v) is 2.49. The minimum Gasteiger partial charge on any atom is -0.379 e. The monoisotopic (exact) mass is 305 g/mol. The number of nitrogens with zero attached hydrogens (tertiary/aromatic N) is 1. The average molecular weight is 305 g/mol. The predicted molar refractivity (Wildman–Crippen MR) is 89.3 cm³/mol. The molecule has 1 aromatic rings. The minimum absolute atomic E-state index is 0.0626. The first kappa shape index (κ1) is 16.9. The second kappa shape index (κ2) is 8.88. The van der Waals surface area contributed by atoms with E-state index in [4.69, 9.17) is 4.74 Å². The summed E-state index contributed by atoms with van der Waals surface area (Å²) >= 11 is 0. The van der Waals surface area contributed by atoms with Crippen molar-refractivity contribution in [1.82, 2.24) is 10.2 Å². The fourth-order valence-electron chi connectivity index (χ4n) is 2.49. The Balaban J connectivity index is 1.60. The fraction of sp³-hybridized carbons (Fsp3) is 0.588. The molecular weight excluding hydrogens is 278 g/mol. The number of carbonyl (C=O) groups excluding carboxylic acids is 1.